The maximum absolute atomic E-state index is 14.1. The number of hydrogen-bond donors (Lipinski definition) is 0. The highest BCUT2D eigenvalue weighted by Crippen LogP contribution is 2.29. The molecule has 2 rings (SSSR count). The second-order valence-electron chi connectivity index (χ2n) is 3.77. The number of benzene rings is 1. The van der Waals surface area contributed by atoms with Crippen LogP contribution in [0.3, 0.4) is 0 Å². The average molecular weight is 263 g/mol. The Bertz CT molecular complexity index is 614. The first-order valence-corrected chi connectivity index (χ1v) is 5.69. The van der Waals surface area contributed by atoms with Gasteiger partial charge in [0.1, 0.15) is 12.1 Å². The summed E-state index contributed by atoms with van der Waals surface area (Å²) >= 11 is 0. The molecule has 19 heavy (non-hydrogen) atoms. The highest BCUT2D eigenvalue weighted by molar-refractivity contribution is 5.77. The maximum Gasteiger partial charge on any atom is 0.251 e. The Labute approximate surface area is 108 Å². The van der Waals surface area contributed by atoms with Gasteiger partial charge in [-0.15, -0.1) is 0 Å². The molecule has 0 atom stereocenters. The summed E-state index contributed by atoms with van der Waals surface area (Å²) in [5, 5.41) is 0. The zero-order valence-electron chi connectivity index (χ0n) is 10.2. The van der Waals surface area contributed by atoms with Gasteiger partial charge >= 0.3 is 0 Å². The Morgan fingerprint density at radius 3 is 2.68 bits per heavy atom. The molecule has 0 bridgehead atoms. The van der Waals surface area contributed by atoms with Gasteiger partial charge in [-0.05, 0) is 19.1 Å². The van der Waals surface area contributed by atoms with Crippen molar-refractivity contribution in [2.24, 2.45) is 0 Å². The number of carbonyl (C=O) groups excluding carboxylic acids is 1. The van der Waals surface area contributed by atoms with Crippen molar-refractivity contribution in [3.63, 3.8) is 0 Å². The van der Waals surface area contributed by atoms with Crippen molar-refractivity contribution in [3.05, 3.63) is 47.7 Å². The van der Waals surface area contributed by atoms with Gasteiger partial charge in [0.2, 0.25) is 0 Å². The summed E-state index contributed by atoms with van der Waals surface area (Å²) in [4.78, 5) is 14.3. The molecule has 2 aromatic rings. The van der Waals surface area contributed by atoms with E-state index in [1.54, 1.807) is 6.92 Å². The van der Waals surface area contributed by atoms with Crippen LogP contribution in [0.4, 0.5) is 8.78 Å². The first kappa shape index (κ1) is 13.1. The molecule has 0 radical (unpaired) electrons. The first-order valence-electron chi connectivity index (χ1n) is 5.69. The Kier molecular flexibility index (Phi) is 3.85. The highest BCUT2D eigenvalue weighted by atomic mass is 19.1. The molecule has 0 fully saturated rings. The lowest BCUT2D eigenvalue weighted by Crippen LogP contribution is -1.99. The first-order chi connectivity index (χ1) is 9.17. The van der Waals surface area contributed by atoms with E-state index in [4.69, 9.17) is 4.74 Å². The SMILES string of the molecule is CCOc1nccc(-c2ccc(C=O)cc2F)c1F. The van der Waals surface area contributed by atoms with Gasteiger partial charge < -0.3 is 4.74 Å². The minimum absolute atomic E-state index is 0.0494. The molecule has 1 heterocycles. The van der Waals surface area contributed by atoms with Crippen molar-refractivity contribution < 1.29 is 18.3 Å². The number of carbonyl (C=O) groups is 1. The van der Waals surface area contributed by atoms with Crippen molar-refractivity contribution >= 4 is 6.29 Å². The largest absolute Gasteiger partial charge is 0.476 e. The van der Waals surface area contributed by atoms with Crippen molar-refractivity contribution in [1.29, 1.82) is 0 Å². The lowest BCUT2D eigenvalue weighted by molar-refractivity contribution is 0.112. The molecule has 98 valence electrons. The molecule has 0 N–H and O–H groups in total. The molecular formula is C14H11F2NO2. The monoisotopic (exact) mass is 263 g/mol. The molecule has 5 heteroatoms. The number of pyridine rings is 1. The number of aromatic nitrogens is 1. The van der Waals surface area contributed by atoms with E-state index in [9.17, 15) is 13.6 Å². The Morgan fingerprint density at radius 1 is 1.26 bits per heavy atom. The van der Waals surface area contributed by atoms with Crippen molar-refractivity contribution in [2.45, 2.75) is 6.92 Å². The Balaban J connectivity index is 2.52. The molecular weight excluding hydrogens is 252 g/mol. The van der Waals surface area contributed by atoms with Crippen LogP contribution in [-0.4, -0.2) is 17.9 Å². The van der Waals surface area contributed by atoms with Gasteiger partial charge in [0, 0.05) is 22.9 Å². The van der Waals surface area contributed by atoms with E-state index in [0.29, 0.717) is 6.29 Å². The number of halogens is 2. The van der Waals surface area contributed by atoms with Crippen LogP contribution >= 0.6 is 0 Å². The third kappa shape index (κ3) is 2.59. The number of hydrogen-bond acceptors (Lipinski definition) is 3. The van der Waals surface area contributed by atoms with Crippen LogP contribution < -0.4 is 4.74 Å². The fourth-order valence-corrected chi connectivity index (χ4v) is 1.69. The summed E-state index contributed by atoms with van der Waals surface area (Å²) in [6, 6.07) is 5.19. The minimum Gasteiger partial charge on any atom is -0.476 e. The second kappa shape index (κ2) is 5.56. The summed E-state index contributed by atoms with van der Waals surface area (Å²) in [5.41, 5.74) is 0.306. The van der Waals surface area contributed by atoms with E-state index in [0.717, 1.165) is 6.07 Å². The van der Waals surface area contributed by atoms with Gasteiger partial charge in [-0.2, -0.15) is 0 Å². The van der Waals surface area contributed by atoms with E-state index in [1.165, 1.54) is 24.4 Å². The molecule has 0 spiro atoms. The molecule has 3 nitrogen and oxygen atoms in total. The van der Waals surface area contributed by atoms with E-state index >= 15 is 0 Å². The zero-order chi connectivity index (χ0) is 13.8. The number of aldehydes is 1. The van der Waals surface area contributed by atoms with Gasteiger partial charge in [0.15, 0.2) is 5.82 Å². The maximum atomic E-state index is 14.1. The Morgan fingerprint density at radius 2 is 2.05 bits per heavy atom. The number of nitrogens with zero attached hydrogens (tertiary/aromatic N) is 1. The van der Waals surface area contributed by atoms with Crippen LogP contribution in [0.2, 0.25) is 0 Å². The fourth-order valence-electron chi connectivity index (χ4n) is 1.69. The van der Waals surface area contributed by atoms with E-state index in [2.05, 4.69) is 4.98 Å². The van der Waals surface area contributed by atoms with Gasteiger partial charge in [-0.25, -0.2) is 13.8 Å². The molecule has 0 aliphatic heterocycles. The molecule has 1 aromatic carbocycles. The van der Waals surface area contributed by atoms with Crippen molar-refractivity contribution in [1.82, 2.24) is 4.98 Å². The topological polar surface area (TPSA) is 39.2 Å². The number of rotatable bonds is 4. The van der Waals surface area contributed by atoms with Gasteiger partial charge in [-0.3, -0.25) is 4.79 Å². The fraction of sp³-hybridized carbons (Fsp3) is 0.143. The van der Waals surface area contributed by atoms with E-state index in [1.807, 2.05) is 0 Å². The van der Waals surface area contributed by atoms with E-state index in [-0.39, 0.29) is 29.2 Å². The lowest BCUT2D eigenvalue weighted by atomic mass is 10.0. The summed E-state index contributed by atoms with van der Waals surface area (Å²) in [6.07, 6.45) is 1.87. The van der Waals surface area contributed by atoms with Crippen LogP contribution in [0.1, 0.15) is 17.3 Å². The molecule has 0 aliphatic rings. The molecule has 1 aromatic heterocycles. The number of ether oxygens (including phenoxy) is 1. The second-order valence-corrected chi connectivity index (χ2v) is 3.77. The summed E-state index contributed by atoms with van der Waals surface area (Å²) in [7, 11) is 0. The lowest BCUT2D eigenvalue weighted by Gasteiger charge is -2.08. The van der Waals surface area contributed by atoms with Gasteiger partial charge in [-0.1, -0.05) is 12.1 Å². The van der Waals surface area contributed by atoms with Crippen LogP contribution in [0.5, 0.6) is 5.88 Å². The normalized spacial score (nSPS) is 10.3. The predicted octanol–water partition coefficient (Wildman–Crippen LogP) is 3.24. The molecule has 0 saturated carbocycles. The van der Waals surface area contributed by atoms with Gasteiger partial charge in [0.05, 0.1) is 6.61 Å². The standard InChI is InChI=1S/C14H11F2NO2/c1-2-19-14-13(16)11(5-6-17-14)10-4-3-9(8-18)7-12(10)15/h3-8H,2H2,1H3. The van der Waals surface area contributed by atoms with Crippen LogP contribution in [0.25, 0.3) is 11.1 Å². The van der Waals surface area contributed by atoms with E-state index < -0.39 is 11.6 Å². The highest BCUT2D eigenvalue weighted by Gasteiger charge is 2.15. The minimum atomic E-state index is -0.720. The third-order valence-corrected chi connectivity index (χ3v) is 2.56. The van der Waals surface area contributed by atoms with Crippen molar-refractivity contribution in [2.75, 3.05) is 6.61 Å². The average Bonchev–Trinajstić information content (AvgIpc) is 2.42. The smallest absolute Gasteiger partial charge is 0.251 e. The zero-order valence-corrected chi connectivity index (χ0v) is 10.2. The van der Waals surface area contributed by atoms with Crippen molar-refractivity contribution in [3.8, 4) is 17.0 Å². The molecule has 0 unspecified atom stereocenters. The molecule has 0 saturated heterocycles. The summed E-state index contributed by atoms with van der Waals surface area (Å²) in [6.45, 7) is 1.97. The van der Waals surface area contributed by atoms with Crippen LogP contribution in [0.15, 0.2) is 30.5 Å². The van der Waals surface area contributed by atoms with Crippen LogP contribution in [0, 0.1) is 11.6 Å². The van der Waals surface area contributed by atoms with Crippen LogP contribution in [-0.2, 0) is 0 Å². The third-order valence-electron chi connectivity index (χ3n) is 2.56. The molecule has 0 aliphatic carbocycles. The Hall–Kier alpha value is -2.30. The van der Waals surface area contributed by atoms with Gasteiger partial charge in [0.25, 0.3) is 5.88 Å². The molecule has 0 amide bonds. The summed E-state index contributed by atoms with van der Waals surface area (Å²) < 4.78 is 32.9. The summed E-state index contributed by atoms with van der Waals surface area (Å²) in [5.74, 6) is -1.56. The quantitative estimate of drug-likeness (QED) is 0.795. The predicted molar refractivity (Wildman–Crippen MR) is 66.1 cm³/mol.